The Balaban J connectivity index is -0.0000000298. The lowest BCUT2D eigenvalue weighted by Gasteiger charge is -2.29. The van der Waals surface area contributed by atoms with Crippen LogP contribution in [0.15, 0.2) is 0 Å². The van der Waals surface area contributed by atoms with Crippen molar-refractivity contribution in [1.82, 2.24) is 14.7 Å². The van der Waals surface area contributed by atoms with Gasteiger partial charge in [0.05, 0.1) is 0 Å². The van der Waals surface area contributed by atoms with Gasteiger partial charge in [0.2, 0.25) is 0 Å². The molecule has 0 saturated heterocycles. The van der Waals surface area contributed by atoms with Gasteiger partial charge in [-0.1, -0.05) is 378 Å². The second-order valence-electron chi connectivity index (χ2n) is 21.7. The molecule has 87 heavy (non-hydrogen) atoms. The van der Waals surface area contributed by atoms with Gasteiger partial charge < -0.3 is 14.7 Å². The zero-order valence-corrected chi connectivity index (χ0v) is 65.2. The van der Waals surface area contributed by atoms with Crippen molar-refractivity contribution in [3.8, 4) is 0 Å². The fraction of sp³-hybridized carbons (Fsp3) is 1.00. The summed E-state index contributed by atoms with van der Waals surface area (Å²) in [5.41, 5.74) is 0. The minimum atomic E-state index is 0. The van der Waals surface area contributed by atoms with E-state index in [1.807, 2.05) is 125 Å². The molecule has 0 heterocycles. The van der Waals surface area contributed by atoms with Gasteiger partial charge >= 0.3 is 0 Å². The van der Waals surface area contributed by atoms with Gasteiger partial charge in [-0.3, -0.25) is 0 Å². The fourth-order valence-electron chi connectivity index (χ4n) is 11.0. The molecule has 0 spiro atoms. The summed E-state index contributed by atoms with van der Waals surface area (Å²) in [5.74, 6) is 16.3. The van der Waals surface area contributed by atoms with Crippen LogP contribution < -0.4 is 0 Å². The maximum atomic E-state index is 2.44. The Bertz CT molecular complexity index is 752. The summed E-state index contributed by atoms with van der Waals surface area (Å²) in [7, 11) is 0. The summed E-state index contributed by atoms with van der Waals surface area (Å²) in [6.07, 6.45) is 4.28. The first-order valence-electron chi connectivity index (χ1n) is 36.1. The van der Waals surface area contributed by atoms with E-state index in [-0.39, 0.29) is 66.8 Å². The molecule has 0 aromatic rings. The molecule has 3 rings (SSSR count). The van der Waals surface area contributed by atoms with Crippen molar-refractivity contribution in [2.24, 2.45) is 107 Å². The monoisotopic (exact) mass is 1260 g/mol. The average Bonchev–Trinajstić information content (AvgIpc) is 3.64. The van der Waals surface area contributed by atoms with Crippen LogP contribution in [-0.4, -0.2) is 73.6 Å². The van der Waals surface area contributed by atoms with E-state index in [1.54, 1.807) is 0 Å². The first kappa shape index (κ1) is 148. The number of hydrogen-bond acceptors (Lipinski definition) is 3. The van der Waals surface area contributed by atoms with E-state index in [0.717, 1.165) is 107 Å². The Morgan fingerprint density at radius 1 is 0.161 bits per heavy atom. The van der Waals surface area contributed by atoms with Crippen LogP contribution in [0.1, 0.15) is 398 Å². The van der Waals surface area contributed by atoms with E-state index >= 15 is 0 Å². The smallest absolute Gasteiger partial charge is 0.00474 e. The zero-order valence-electron chi connectivity index (χ0n) is 65.2. The average molecular weight is 1270 g/mol. The normalized spacial score (nSPS) is 26.9. The van der Waals surface area contributed by atoms with Gasteiger partial charge in [-0.15, -0.1) is 0 Å². The van der Waals surface area contributed by atoms with E-state index in [2.05, 4.69) is 202 Å². The number of hydrogen-bond donors (Lipinski definition) is 0. The standard InChI is InChI=1S/3C13H26.3C6H15N.9C2H6.9CH4/c3*1-8-7-9(2)11(4)13(6)12(5)10(8)3;3*1-4-7(5-2)6-3;9*1-2;;;;;;;;;/h3*8-13H,7H2,1-6H3;3*4-6H2,1-3H3;9*1-2H3;9*1H4/t3*8-,9+,10-,11+,12-,13+;;;;;;;;;;;;;;;;;;;;;. The van der Waals surface area contributed by atoms with Crippen molar-refractivity contribution in [2.75, 3.05) is 58.9 Å². The second kappa shape index (κ2) is 110. The third-order valence-corrected chi connectivity index (χ3v) is 19.1. The molecule has 3 heteroatoms. The molecule has 0 radical (unpaired) electrons. The fourth-order valence-corrected chi connectivity index (χ4v) is 11.0. The van der Waals surface area contributed by atoms with Crippen molar-refractivity contribution in [3.63, 3.8) is 0 Å². The third-order valence-electron chi connectivity index (χ3n) is 19.1. The molecular weight excluding hydrogens is 1050 g/mol. The largest absolute Gasteiger partial charge is 0.304 e. The van der Waals surface area contributed by atoms with E-state index in [1.165, 1.54) is 78.2 Å². The number of rotatable bonds is 9. The minimum absolute atomic E-state index is 0. The van der Waals surface area contributed by atoms with Gasteiger partial charge in [0.15, 0.2) is 0 Å². The highest BCUT2D eigenvalue weighted by Gasteiger charge is 2.36. The van der Waals surface area contributed by atoms with Crippen LogP contribution in [0.4, 0.5) is 0 Å². The first-order chi connectivity index (χ1) is 36.9. The molecule has 3 fully saturated rings. The van der Waals surface area contributed by atoms with Crippen molar-refractivity contribution in [3.05, 3.63) is 0 Å². The van der Waals surface area contributed by atoms with Crippen molar-refractivity contribution >= 4 is 0 Å². The van der Waals surface area contributed by atoms with Crippen LogP contribution >= 0.6 is 0 Å². The summed E-state index contributed by atoms with van der Waals surface area (Å²) in [6, 6.07) is 0. The molecule has 0 aliphatic heterocycles. The molecule has 0 amide bonds. The predicted molar refractivity (Wildman–Crippen MR) is 442 cm³/mol. The van der Waals surface area contributed by atoms with Crippen LogP contribution in [-0.2, 0) is 0 Å². The van der Waals surface area contributed by atoms with Crippen LogP contribution in [0.2, 0.25) is 0 Å². The van der Waals surface area contributed by atoms with Gasteiger partial charge in [0.25, 0.3) is 0 Å². The molecule has 18 atom stereocenters. The molecule has 3 aliphatic rings. The lowest BCUT2D eigenvalue weighted by atomic mass is 9.77. The van der Waals surface area contributed by atoms with Crippen molar-refractivity contribution < 1.29 is 0 Å². The molecule has 0 bridgehead atoms. The van der Waals surface area contributed by atoms with E-state index in [0.29, 0.717) is 0 Å². The zero-order chi connectivity index (χ0) is 65.6. The maximum absolute atomic E-state index is 2.44. The summed E-state index contributed by atoms with van der Waals surface area (Å²) < 4.78 is 0. The summed E-state index contributed by atoms with van der Waals surface area (Å²) in [6.45, 7) is 110. The molecule has 564 valence electrons. The summed E-state index contributed by atoms with van der Waals surface area (Å²) in [5, 5.41) is 0. The van der Waals surface area contributed by atoms with Crippen LogP contribution in [0.3, 0.4) is 0 Å². The molecule has 3 nitrogen and oxygen atoms in total. The minimum Gasteiger partial charge on any atom is -0.304 e. The topological polar surface area (TPSA) is 9.72 Å². The summed E-state index contributed by atoms with van der Waals surface area (Å²) >= 11 is 0. The van der Waals surface area contributed by atoms with Crippen LogP contribution in [0, 0.1) is 107 Å². The highest BCUT2D eigenvalue weighted by Crippen LogP contribution is 2.44. The second-order valence-corrected chi connectivity index (χ2v) is 21.7. The molecule has 0 unspecified atom stereocenters. The van der Waals surface area contributed by atoms with Crippen molar-refractivity contribution in [1.29, 1.82) is 0 Å². The lowest BCUT2D eigenvalue weighted by molar-refractivity contribution is 0.199. The quantitative estimate of drug-likeness (QED) is 0.213. The van der Waals surface area contributed by atoms with Crippen LogP contribution in [0.5, 0.6) is 0 Å². The SMILES string of the molecule is C.C.C.C.C.C.C.C.C.CC.CC.CC.CC.CC.CC.CC.CC.CC.CCN(CC)CC.CCN(CC)CC.CCN(CC)CC.C[C@@H]1[C@H](C)[C@H](C)[C@H](C)C[C@H](C)[C@@H]1C.C[C@@H]1[C@H](C)[C@H](C)[C@H](C)C[C@H](C)[C@@H]1C.C[C@@H]1[C@H](C)[C@H](C)[C@H](C)C[C@H](C)[C@@H]1C. The van der Waals surface area contributed by atoms with Gasteiger partial charge in [-0.05, 0) is 185 Å². The Morgan fingerprint density at radius 3 is 0.276 bits per heavy atom. The Hall–Kier alpha value is -0.120. The van der Waals surface area contributed by atoms with Gasteiger partial charge in [-0.25, -0.2) is 0 Å². The first-order valence-corrected chi connectivity index (χ1v) is 36.1. The van der Waals surface area contributed by atoms with Crippen LogP contribution in [0.25, 0.3) is 0 Å². The van der Waals surface area contributed by atoms with Gasteiger partial charge in [-0.2, -0.15) is 0 Å². The maximum Gasteiger partial charge on any atom is -0.00474 e. The highest BCUT2D eigenvalue weighted by molar-refractivity contribution is 4.85. The molecular formula is C84H213N3. The van der Waals surface area contributed by atoms with Crippen molar-refractivity contribution in [2.45, 2.75) is 398 Å². The Labute approximate surface area is 574 Å². The van der Waals surface area contributed by atoms with E-state index in [9.17, 15) is 0 Å². The van der Waals surface area contributed by atoms with E-state index < -0.39 is 0 Å². The number of nitrogens with zero attached hydrogens (tertiary/aromatic N) is 3. The van der Waals surface area contributed by atoms with Gasteiger partial charge in [0.1, 0.15) is 0 Å². The Morgan fingerprint density at radius 2 is 0.230 bits per heavy atom. The highest BCUT2D eigenvalue weighted by atomic mass is 15.1. The molecule has 0 aromatic carbocycles. The predicted octanol–water partition coefficient (Wildman–Crippen LogP) is 31.6. The third kappa shape index (κ3) is 74.8. The van der Waals surface area contributed by atoms with Gasteiger partial charge in [0, 0.05) is 0 Å². The molecule has 0 aromatic heterocycles. The summed E-state index contributed by atoms with van der Waals surface area (Å²) in [4.78, 5) is 7.12. The van der Waals surface area contributed by atoms with E-state index in [4.69, 9.17) is 0 Å². The molecule has 3 saturated carbocycles. The lowest BCUT2D eigenvalue weighted by Crippen LogP contribution is -2.22. The Kier molecular flexibility index (Phi) is 187. The molecule has 0 N–H and O–H groups in total. The molecule has 3 aliphatic carbocycles.